The first-order valence-corrected chi connectivity index (χ1v) is 14.9. The van der Waals surface area contributed by atoms with Crippen molar-refractivity contribution in [1.82, 2.24) is 0 Å². The van der Waals surface area contributed by atoms with Crippen LogP contribution >= 0.6 is 0 Å². The summed E-state index contributed by atoms with van der Waals surface area (Å²) in [5.41, 5.74) is 0. The van der Waals surface area contributed by atoms with Gasteiger partial charge in [-0.05, 0) is 18.8 Å². The first kappa shape index (κ1) is 33.9. The summed E-state index contributed by atoms with van der Waals surface area (Å²) in [5, 5.41) is 9.90. The molecule has 0 fully saturated rings. The van der Waals surface area contributed by atoms with Crippen molar-refractivity contribution >= 4 is 11.9 Å². The van der Waals surface area contributed by atoms with Gasteiger partial charge in [-0.1, -0.05) is 130 Å². The Labute approximate surface area is 217 Å². The summed E-state index contributed by atoms with van der Waals surface area (Å²) < 4.78 is 10.2. The smallest absolute Gasteiger partial charge is 0.305 e. The molecule has 1 N–H and O–H groups in total. The predicted octanol–water partition coefficient (Wildman–Crippen LogP) is 8.30. The Morgan fingerprint density at radius 1 is 0.571 bits per heavy atom. The monoisotopic (exact) mass is 498 g/mol. The van der Waals surface area contributed by atoms with Gasteiger partial charge >= 0.3 is 11.9 Å². The third-order valence-electron chi connectivity index (χ3n) is 6.52. The molecule has 0 heterocycles. The van der Waals surface area contributed by atoms with Crippen molar-refractivity contribution in [3.8, 4) is 0 Å². The van der Waals surface area contributed by atoms with Crippen LogP contribution in [0.3, 0.4) is 0 Å². The molecule has 5 heteroatoms. The van der Waals surface area contributed by atoms with E-state index in [1.54, 1.807) is 0 Å². The number of hydrogen-bond donors (Lipinski definition) is 1. The van der Waals surface area contributed by atoms with Crippen LogP contribution in [-0.4, -0.2) is 36.4 Å². The van der Waals surface area contributed by atoms with Crippen molar-refractivity contribution in [2.45, 2.75) is 162 Å². The van der Waals surface area contributed by atoms with E-state index in [2.05, 4.69) is 20.8 Å². The van der Waals surface area contributed by atoms with Crippen LogP contribution in [0.4, 0.5) is 0 Å². The van der Waals surface area contributed by atoms with Gasteiger partial charge < -0.3 is 14.6 Å². The zero-order valence-electron chi connectivity index (χ0n) is 23.5. The van der Waals surface area contributed by atoms with Gasteiger partial charge in [0, 0.05) is 12.8 Å². The molecule has 0 unspecified atom stereocenters. The Balaban J connectivity index is 3.44. The summed E-state index contributed by atoms with van der Waals surface area (Å²) in [7, 11) is 0. The second kappa shape index (κ2) is 26.0. The van der Waals surface area contributed by atoms with E-state index >= 15 is 0 Å². The van der Waals surface area contributed by atoms with Crippen molar-refractivity contribution < 1.29 is 24.2 Å². The highest BCUT2D eigenvalue weighted by atomic mass is 16.6. The molecule has 0 aliphatic carbocycles. The highest BCUT2D eigenvalue weighted by molar-refractivity contribution is 5.69. The highest BCUT2D eigenvalue weighted by Gasteiger charge is 2.12. The molecule has 0 bridgehead atoms. The van der Waals surface area contributed by atoms with E-state index < -0.39 is 6.10 Å². The van der Waals surface area contributed by atoms with Crippen LogP contribution in [0.1, 0.15) is 156 Å². The minimum absolute atomic E-state index is 0.110. The lowest BCUT2D eigenvalue weighted by Gasteiger charge is -2.12. The largest absolute Gasteiger partial charge is 0.463 e. The first-order valence-electron chi connectivity index (χ1n) is 14.9. The zero-order chi connectivity index (χ0) is 26.0. The van der Waals surface area contributed by atoms with Crippen molar-refractivity contribution in [2.24, 2.45) is 5.92 Å². The SMILES string of the molecule is CCCCCCCCCCCCC(=O)OC[C@H](O)COC(=O)CCCCCCCCCCC(C)C. The molecule has 1 atom stereocenters. The molecule has 0 aromatic heterocycles. The van der Waals surface area contributed by atoms with Crippen molar-refractivity contribution in [1.29, 1.82) is 0 Å². The number of carbonyl (C=O) groups is 2. The van der Waals surface area contributed by atoms with Crippen LogP contribution in [0, 0.1) is 5.92 Å². The van der Waals surface area contributed by atoms with Gasteiger partial charge in [0.1, 0.15) is 19.3 Å². The molecule has 208 valence electrons. The molecular formula is C30H58O5. The summed E-state index contributed by atoms with van der Waals surface area (Å²) >= 11 is 0. The summed E-state index contributed by atoms with van der Waals surface area (Å²) in [6.45, 7) is 6.57. The van der Waals surface area contributed by atoms with E-state index in [0.29, 0.717) is 12.8 Å². The van der Waals surface area contributed by atoms with Crippen molar-refractivity contribution in [3.63, 3.8) is 0 Å². The molecule has 5 nitrogen and oxygen atoms in total. The maximum atomic E-state index is 11.8. The maximum absolute atomic E-state index is 11.8. The Morgan fingerprint density at radius 3 is 1.29 bits per heavy atom. The van der Waals surface area contributed by atoms with Crippen LogP contribution in [0.5, 0.6) is 0 Å². The molecule has 0 aliphatic heterocycles. The molecule has 0 aromatic rings. The molecule has 0 rings (SSSR count). The number of aliphatic hydroxyl groups excluding tert-OH is 1. The normalized spacial score (nSPS) is 12.1. The molecular weight excluding hydrogens is 440 g/mol. The van der Waals surface area contributed by atoms with Crippen LogP contribution in [-0.2, 0) is 19.1 Å². The minimum Gasteiger partial charge on any atom is -0.463 e. The molecule has 0 radical (unpaired) electrons. The number of rotatable bonds is 26. The predicted molar refractivity (Wildman–Crippen MR) is 145 cm³/mol. The standard InChI is InChI=1S/C30H58O5/c1-4-5-6-7-8-9-10-14-17-20-23-29(32)34-25-28(31)26-35-30(33)24-21-18-15-12-11-13-16-19-22-27(2)3/h27-28,31H,4-26H2,1-3H3/t28-/m0/s1. The Bertz CT molecular complexity index is 477. The zero-order valence-corrected chi connectivity index (χ0v) is 23.5. The summed E-state index contributed by atoms with van der Waals surface area (Å²) in [6.07, 6.45) is 22.9. The van der Waals surface area contributed by atoms with Gasteiger partial charge in [0.05, 0.1) is 0 Å². The quantitative estimate of drug-likeness (QED) is 0.0959. The molecule has 35 heavy (non-hydrogen) atoms. The molecule has 0 aliphatic rings. The number of unbranched alkanes of at least 4 members (excludes halogenated alkanes) is 16. The van der Waals surface area contributed by atoms with Gasteiger partial charge in [-0.3, -0.25) is 9.59 Å². The molecule has 0 aromatic carbocycles. The average Bonchev–Trinajstić information content (AvgIpc) is 2.83. The highest BCUT2D eigenvalue weighted by Crippen LogP contribution is 2.14. The number of hydrogen-bond acceptors (Lipinski definition) is 5. The van der Waals surface area contributed by atoms with E-state index in [-0.39, 0.29) is 25.2 Å². The molecule has 0 saturated heterocycles. The van der Waals surface area contributed by atoms with Gasteiger partial charge in [-0.25, -0.2) is 0 Å². The van der Waals surface area contributed by atoms with Gasteiger partial charge in [0.25, 0.3) is 0 Å². The summed E-state index contributed by atoms with van der Waals surface area (Å²) in [6, 6.07) is 0. The fourth-order valence-electron chi connectivity index (χ4n) is 4.21. The van der Waals surface area contributed by atoms with Crippen molar-refractivity contribution in [2.75, 3.05) is 13.2 Å². The maximum Gasteiger partial charge on any atom is 0.305 e. The number of carbonyl (C=O) groups excluding carboxylic acids is 2. The lowest BCUT2D eigenvalue weighted by Crippen LogP contribution is -2.25. The van der Waals surface area contributed by atoms with Gasteiger partial charge in [0.15, 0.2) is 0 Å². The van der Waals surface area contributed by atoms with Crippen LogP contribution in [0.2, 0.25) is 0 Å². The minimum atomic E-state index is -0.952. The fraction of sp³-hybridized carbons (Fsp3) is 0.933. The second-order valence-electron chi connectivity index (χ2n) is 10.7. The first-order chi connectivity index (χ1) is 17.0. The van der Waals surface area contributed by atoms with Crippen molar-refractivity contribution in [3.05, 3.63) is 0 Å². The Morgan fingerprint density at radius 2 is 0.914 bits per heavy atom. The molecule has 0 saturated carbocycles. The van der Waals surface area contributed by atoms with Crippen LogP contribution < -0.4 is 0 Å². The van der Waals surface area contributed by atoms with Gasteiger partial charge in [-0.2, -0.15) is 0 Å². The Kier molecular flexibility index (Phi) is 25.2. The van der Waals surface area contributed by atoms with Gasteiger partial charge in [-0.15, -0.1) is 0 Å². The van der Waals surface area contributed by atoms with E-state index in [4.69, 9.17) is 9.47 Å². The Hall–Kier alpha value is -1.10. The molecule has 0 spiro atoms. The van der Waals surface area contributed by atoms with E-state index in [9.17, 15) is 14.7 Å². The van der Waals surface area contributed by atoms with E-state index in [1.807, 2.05) is 0 Å². The summed E-state index contributed by atoms with van der Waals surface area (Å²) in [5.74, 6) is 0.245. The second-order valence-corrected chi connectivity index (χ2v) is 10.7. The average molecular weight is 499 g/mol. The van der Waals surface area contributed by atoms with Crippen LogP contribution in [0.15, 0.2) is 0 Å². The summed E-state index contributed by atoms with van der Waals surface area (Å²) in [4.78, 5) is 23.6. The number of ether oxygens (including phenoxy) is 2. The number of aliphatic hydroxyl groups is 1. The van der Waals surface area contributed by atoms with E-state index in [0.717, 1.165) is 44.4 Å². The van der Waals surface area contributed by atoms with E-state index in [1.165, 1.54) is 83.5 Å². The third kappa shape index (κ3) is 27.3. The van der Waals surface area contributed by atoms with Gasteiger partial charge in [0.2, 0.25) is 0 Å². The van der Waals surface area contributed by atoms with Crippen LogP contribution in [0.25, 0.3) is 0 Å². The third-order valence-corrected chi connectivity index (χ3v) is 6.52. The topological polar surface area (TPSA) is 72.8 Å². The number of esters is 2. The fourth-order valence-corrected chi connectivity index (χ4v) is 4.21. The lowest BCUT2D eigenvalue weighted by atomic mass is 10.0. The lowest BCUT2D eigenvalue weighted by molar-refractivity contribution is -0.152. The molecule has 0 amide bonds.